The molecule has 1 rings (SSSR count). The quantitative estimate of drug-likeness (QED) is 0.504. The summed E-state index contributed by atoms with van der Waals surface area (Å²) in [5, 5.41) is 0. The summed E-state index contributed by atoms with van der Waals surface area (Å²) in [6.45, 7) is 12.3. The van der Waals surface area contributed by atoms with Gasteiger partial charge in [0, 0.05) is 11.8 Å². The first-order valence-corrected chi connectivity index (χ1v) is 6.23. The number of carbonyl (C=O) groups is 1. The Morgan fingerprint density at radius 2 is 2.12 bits per heavy atom. The molecule has 0 aromatic rings. The molecule has 1 nitrogen and oxygen atoms in total. The maximum Gasteiger partial charge on any atom is 0.143 e. The first-order chi connectivity index (χ1) is 7.40. The Morgan fingerprint density at radius 3 is 2.62 bits per heavy atom. The molecule has 0 spiro atoms. The average molecular weight is 220 g/mol. The van der Waals surface area contributed by atoms with E-state index < -0.39 is 0 Å². The minimum Gasteiger partial charge on any atom is -0.299 e. The molecular weight excluding hydrogens is 196 g/mol. The van der Waals surface area contributed by atoms with E-state index in [9.17, 15) is 4.79 Å². The van der Waals surface area contributed by atoms with E-state index in [2.05, 4.69) is 40.3 Å². The van der Waals surface area contributed by atoms with E-state index in [1.165, 1.54) is 5.57 Å². The number of allylic oxidation sites excluding steroid dienone is 3. The molecule has 1 saturated carbocycles. The second kappa shape index (κ2) is 4.99. The van der Waals surface area contributed by atoms with Crippen LogP contribution in [0.25, 0.3) is 0 Å². The van der Waals surface area contributed by atoms with Gasteiger partial charge in [-0.15, -0.1) is 6.58 Å². The lowest BCUT2D eigenvalue weighted by Gasteiger charge is -2.31. The van der Waals surface area contributed by atoms with Crippen molar-refractivity contribution in [3.8, 4) is 0 Å². The summed E-state index contributed by atoms with van der Waals surface area (Å²) >= 11 is 0. The highest BCUT2D eigenvalue weighted by molar-refractivity contribution is 5.86. The van der Waals surface area contributed by atoms with Crippen LogP contribution in [0.1, 0.15) is 47.0 Å². The van der Waals surface area contributed by atoms with Crippen LogP contribution in [0.4, 0.5) is 0 Å². The van der Waals surface area contributed by atoms with Crippen molar-refractivity contribution in [3.05, 3.63) is 24.3 Å². The number of hydrogen-bond donors (Lipinski definition) is 0. The van der Waals surface area contributed by atoms with Gasteiger partial charge in [0.15, 0.2) is 0 Å². The highest BCUT2D eigenvalue weighted by Gasteiger charge is 2.38. The fraction of sp³-hybridized carbons (Fsp3) is 0.667. The molecule has 1 fully saturated rings. The van der Waals surface area contributed by atoms with Crippen molar-refractivity contribution in [2.45, 2.75) is 47.0 Å². The van der Waals surface area contributed by atoms with Crippen molar-refractivity contribution in [2.24, 2.45) is 17.3 Å². The molecule has 0 radical (unpaired) electrons. The van der Waals surface area contributed by atoms with Gasteiger partial charge in [-0.3, -0.25) is 4.79 Å². The standard InChI is InChI=1S/C15H24O/c1-6-15(5)9-7-8-12(4)14(16)13(15)10-11(2)3/h6,10,12-13H,1,7-9H2,2-5H3. The largest absolute Gasteiger partial charge is 0.299 e. The van der Waals surface area contributed by atoms with Crippen LogP contribution in [0, 0.1) is 17.3 Å². The molecule has 1 aliphatic carbocycles. The van der Waals surface area contributed by atoms with Gasteiger partial charge in [-0.05, 0) is 32.1 Å². The monoisotopic (exact) mass is 220 g/mol. The maximum absolute atomic E-state index is 12.4. The zero-order chi connectivity index (χ0) is 12.3. The molecule has 3 atom stereocenters. The Balaban J connectivity index is 3.12. The maximum atomic E-state index is 12.4. The van der Waals surface area contributed by atoms with Gasteiger partial charge in [0.25, 0.3) is 0 Å². The van der Waals surface area contributed by atoms with Crippen LogP contribution >= 0.6 is 0 Å². The van der Waals surface area contributed by atoms with Crippen molar-refractivity contribution in [1.82, 2.24) is 0 Å². The number of hydrogen-bond acceptors (Lipinski definition) is 1. The second-order valence-corrected chi connectivity index (χ2v) is 5.63. The average Bonchev–Trinajstić information content (AvgIpc) is 2.32. The third-order valence-corrected chi connectivity index (χ3v) is 3.82. The van der Waals surface area contributed by atoms with Crippen molar-refractivity contribution in [3.63, 3.8) is 0 Å². The topological polar surface area (TPSA) is 17.1 Å². The summed E-state index contributed by atoms with van der Waals surface area (Å²) in [6.07, 6.45) is 7.33. The van der Waals surface area contributed by atoms with Crippen LogP contribution in [-0.4, -0.2) is 5.78 Å². The Labute approximate surface area is 99.6 Å². The molecule has 0 heterocycles. The van der Waals surface area contributed by atoms with Gasteiger partial charge in [0.05, 0.1) is 0 Å². The van der Waals surface area contributed by atoms with Crippen molar-refractivity contribution < 1.29 is 4.79 Å². The summed E-state index contributed by atoms with van der Waals surface area (Å²) in [5.74, 6) is 0.607. The normalized spacial score (nSPS) is 35.4. The SMILES string of the molecule is C=CC1(C)CCCC(C)C(=O)C1C=C(C)C. The van der Waals surface area contributed by atoms with E-state index in [1.54, 1.807) is 0 Å². The van der Waals surface area contributed by atoms with Gasteiger partial charge in [-0.2, -0.15) is 0 Å². The molecule has 0 aromatic carbocycles. The Morgan fingerprint density at radius 1 is 1.50 bits per heavy atom. The fourth-order valence-electron chi connectivity index (χ4n) is 2.55. The van der Waals surface area contributed by atoms with E-state index in [0.29, 0.717) is 5.78 Å². The van der Waals surface area contributed by atoms with Gasteiger partial charge >= 0.3 is 0 Å². The minimum atomic E-state index is -0.0564. The second-order valence-electron chi connectivity index (χ2n) is 5.63. The summed E-state index contributed by atoms with van der Waals surface area (Å²) in [5.41, 5.74) is 1.17. The van der Waals surface area contributed by atoms with Crippen LogP contribution < -0.4 is 0 Å². The molecule has 0 saturated heterocycles. The molecule has 90 valence electrons. The molecule has 0 amide bonds. The van der Waals surface area contributed by atoms with Gasteiger partial charge in [0.2, 0.25) is 0 Å². The first-order valence-electron chi connectivity index (χ1n) is 6.23. The van der Waals surface area contributed by atoms with Gasteiger partial charge < -0.3 is 0 Å². The molecule has 0 aliphatic heterocycles. The van der Waals surface area contributed by atoms with E-state index in [0.717, 1.165) is 19.3 Å². The molecule has 1 aliphatic rings. The van der Waals surface area contributed by atoms with E-state index >= 15 is 0 Å². The minimum absolute atomic E-state index is 0.0208. The van der Waals surface area contributed by atoms with Gasteiger partial charge in [0.1, 0.15) is 5.78 Å². The lowest BCUT2D eigenvalue weighted by atomic mass is 9.72. The van der Waals surface area contributed by atoms with Gasteiger partial charge in [-0.25, -0.2) is 0 Å². The highest BCUT2D eigenvalue weighted by atomic mass is 16.1. The van der Waals surface area contributed by atoms with Crippen molar-refractivity contribution in [1.29, 1.82) is 0 Å². The number of carbonyl (C=O) groups excluding carboxylic acids is 1. The highest BCUT2D eigenvalue weighted by Crippen LogP contribution is 2.41. The number of rotatable bonds is 2. The summed E-state index contributed by atoms with van der Waals surface area (Å²) in [4.78, 5) is 12.4. The zero-order valence-electron chi connectivity index (χ0n) is 11.0. The fourth-order valence-corrected chi connectivity index (χ4v) is 2.55. The van der Waals surface area contributed by atoms with Crippen LogP contribution in [0.3, 0.4) is 0 Å². The molecule has 0 aromatic heterocycles. The van der Waals surface area contributed by atoms with Crippen molar-refractivity contribution in [2.75, 3.05) is 0 Å². The lowest BCUT2D eigenvalue weighted by Crippen LogP contribution is -2.31. The smallest absolute Gasteiger partial charge is 0.143 e. The molecule has 3 unspecified atom stereocenters. The van der Waals surface area contributed by atoms with Crippen LogP contribution in [0.15, 0.2) is 24.3 Å². The van der Waals surface area contributed by atoms with Crippen molar-refractivity contribution >= 4 is 5.78 Å². The molecule has 0 bridgehead atoms. The zero-order valence-corrected chi connectivity index (χ0v) is 11.0. The van der Waals surface area contributed by atoms with Crippen LogP contribution in [0.5, 0.6) is 0 Å². The summed E-state index contributed by atoms with van der Waals surface area (Å²) < 4.78 is 0. The third-order valence-electron chi connectivity index (χ3n) is 3.82. The van der Waals surface area contributed by atoms with Crippen LogP contribution in [0.2, 0.25) is 0 Å². The van der Waals surface area contributed by atoms with E-state index in [4.69, 9.17) is 0 Å². The van der Waals surface area contributed by atoms with Crippen LogP contribution in [-0.2, 0) is 4.79 Å². The number of Topliss-reactive ketones (excluding diaryl/α,β-unsaturated/α-hetero) is 1. The summed E-state index contributed by atoms with van der Waals surface area (Å²) in [6, 6.07) is 0. The summed E-state index contributed by atoms with van der Waals surface area (Å²) in [7, 11) is 0. The Kier molecular flexibility index (Phi) is 4.12. The third kappa shape index (κ3) is 2.63. The predicted octanol–water partition coefficient (Wildman–Crippen LogP) is 4.15. The van der Waals surface area contributed by atoms with E-state index in [-0.39, 0.29) is 17.3 Å². The molecular formula is C15H24O. The molecule has 1 heteroatoms. The predicted molar refractivity (Wildman–Crippen MR) is 69.2 cm³/mol. The first kappa shape index (κ1) is 13.2. The Bertz CT molecular complexity index is 309. The van der Waals surface area contributed by atoms with Gasteiger partial charge in [-0.1, -0.05) is 38.0 Å². The molecule has 0 N–H and O–H groups in total. The lowest BCUT2D eigenvalue weighted by molar-refractivity contribution is -0.126. The number of ketones is 1. The molecule has 16 heavy (non-hydrogen) atoms. The van der Waals surface area contributed by atoms with E-state index in [1.807, 2.05) is 6.08 Å². The Hall–Kier alpha value is -0.850.